The fourth-order valence-electron chi connectivity index (χ4n) is 5.77. The molecule has 4 nitrogen and oxygen atoms in total. The van der Waals surface area contributed by atoms with Gasteiger partial charge in [-0.25, -0.2) is 0 Å². The Hall–Kier alpha value is -1.94. The van der Waals surface area contributed by atoms with Crippen LogP contribution in [-0.4, -0.2) is 24.8 Å². The van der Waals surface area contributed by atoms with Crippen molar-refractivity contribution in [3.63, 3.8) is 0 Å². The normalized spacial score (nSPS) is 34.9. The molecule has 0 amide bonds. The molecule has 0 N–H and O–H groups in total. The predicted molar refractivity (Wildman–Crippen MR) is 116 cm³/mol. The van der Waals surface area contributed by atoms with Gasteiger partial charge in [-0.05, 0) is 66.7 Å². The Balaban J connectivity index is 1.49. The molecule has 2 saturated carbocycles. The first-order valence-corrected chi connectivity index (χ1v) is 11.3. The minimum atomic E-state index is -0.0213. The molecular weight excluding hydrogens is 376 g/mol. The van der Waals surface area contributed by atoms with Gasteiger partial charge in [-0.2, -0.15) is 0 Å². The number of Topliss-reactive ketones (excluding diaryl/α,β-unsaturated/α-hetero) is 2. The number of allylic oxidation sites excluding steroid dienone is 1. The molecule has 0 heterocycles. The van der Waals surface area contributed by atoms with Crippen molar-refractivity contribution in [3.8, 4) is 5.75 Å². The lowest BCUT2D eigenvalue weighted by Crippen LogP contribution is -2.26. The van der Waals surface area contributed by atoms with Gasteiger partial charge in [-0.3, -0.25) is 9.59 Å². The molecule has 162 valence electrons. The van der Waals surface area contributed by atoms with Gasteiger partial charge in [0.25, 0.3) is 0 Å². The van der Waals surface area contributed by atoms with Crippen molar-refractivity contribution >= 4 is 11.6 Å². The summed E-state index contributed by atoms with van der Waals surface area (Å²) in [6, 6.07) is 7.88. The van der Waals surface area contributed by atoms with Crippen LogP contribution in [0.4, 0.5) is 0 Å². The lowest BCUT2D eigenvalue weighted by atomic mass is 9.86. The summed E-state index contributed by atoms with van der Waals surface area (Å²) < 4.78 is 11.5. The van der Waals surface area contributed by atoms with Crippen LogP contribution in [0.3, 0.4) is 0 Å². The maximum Gasteiger partial charge on any atom is 0.158 e. The fraction of sp³-hybridized carbons (Fsp3) is 0.615. The van der Waals surface area contributed by atoms with Gasteiger partial charge < -0.3 is 9.47 Å². The highest BCUT2D eigenvalue weighted by Gasteiger charge is 2.57. The van der Waals surface area contributed by atoms with E-state index in [0.29, 0.717) is 37.1 Å². The van der Waals surface area contributed by atoms with Gasteiger partial charge in [-0.15, -0.1) is 0 Å². The number of ketones is 2. The van der Waals surface area contributed by atoms with E-state index in [1.165, 1.54) is 0 Å². The SMILES string of the molecule is COc1ccc(CO[C@H]2CC[C@H]3C(=O)CC[C@@H]4[C@H](CC(=O)/C(C)=C\C23)C4(C)C)cc1. The summed E-state index contributed by atoms with van der Waals surface area (Å²) in [7, 11) is 1.66. The van der Waals surface area contributed by atoms with Gasteiger partial charge in [0.05, 0.1) is 19.8 Å². The minimum Gasteiger partial charge on any atom is -0.497 e. The molecule has 2 fully saturated rings. The molecular formula is C26H34O4. The second kappa shape index (κ2) is 8.30. The molecule has 30 heavy (non-hydrogen) atoms. The number of carbonyl (C=O) groups excluding carboxylic acids is 2. The number of fused-ring (bicyclic) bond motifs is 2. The summed E-state index contributed by atoms with van der Waals surface area (Å²) in [5.74, 6) is 2.32. The summed E-state index contributed by atoms with van der Waals surface area (Å²) in [5, 5.41) is 0. The lowest BCUT2D eigenvalue weighted by molar-refractivity contribution is -0.124. The van der Waals surface area contributed by atoms with Gasteiger partial charge in [0, 0.05) is 24.7 Å². The van der Waals surface area contributed by atoms with E-state index < -0.39 is 0 Å². The Morgan fingerprint density at radius 2 is 1.77 bits per heavy atom. The van der Waals surface area contributed by atoms with Crippen LogP contribution in [0.5, 0.6) is 5.75 Å². The Labute approximate surface area is 180 Å². The third-order valence-electron chi connectivity index (χ3n) is 7.97. The molecule has 0 bridgehead atoms. The summed E-state index contributed by atoms with van der Waals surface area (Å²) in [6.45, 7) is 6.91. The zero-order valence-corrected chi connectivity index (χ0v) is 18.6. The van der Waals surface area contributed by atoms with Crippen LogP contribution in [0, 0.1) is 29.1 Å². The van der Waals surface area contributed by atoms with Crippen molar-refractivity contribution in [1.82, 2.24) is 0 Å². The Kier molecular flexibility index (Phi) is 5.89. The van der Waals surface area contributed by atoms with Gasteiger partial charge >= 0.3 is 0 Å². The molecule has 4 heteroatoms. The van der Waals surface area contributed by atoms with Crippen molar-refractivity contribution in [2.75, 3.05) is 7.11 Å². The molecule has 0 aliphatic heterocycles. The van der Waals surface area contributed by atoms with Crippen molar-refractivity contribution in [2.24, 2.45) is 29.1 Å². The third kappa shape index (κ3) is 4.12. The zero-order chi connectivity index (χ0) is 21.5. The first-order valence-electron chi connectivity index (χ1n) is 11.3. The lowest BCUT2D eigenvalue weighted by Gasteiger charge is -2.23. The average Bonchev–Trinajstić information content (AvgIpc) is 3.04. The molecule has 1 unspecified atom stereocenters. The highest BCUT2D eigenvalue weighted by atomic mass is 16.5. The number of carbonyl (C=O) groups is 2. The second-order valence-electron chi connectivity index (χ2n) is 9.98. The maximum atomic E-state index is 13.1. The van der Waals surface area contributed by atoms with Crippen LogP contribution >= 0.6 is 0 Å². The fourth-order valence-corrected chi connectivity index (χ4v) is 5.77. The Morgan fingerprint density at radius 3 is 2.47 bits per heavy atom. The second-order valence-corrected chi connectivity index (χ2v) is 9.98. The molecule has 4 rings (SSSR count). The highest BCUT2D eigenvalue weighted by Crippen LogP contribution is 2.62. The molecule has 0 saturated heterocycles. The molecule has 0 radical (unpaired) electrons. The summed E-state index contributed by atoms with van der Waals surface area (Å²) in [5.41, 5.74) is 2.08. The summed E-state index contributed by atoms with van der Waals surface area (Å²) in [6.07, 6.45) is 5.94. The first-order chi connectivity index (χ1) is 14.3. The zero-order valence-electron chi connectivity index (χ0n) is 18.6. The Bertz CT molecular complexity index is 835. The van der Waals surface area contributed by atoms with E-state index in [2.05, 4.69) is 19.9 Å². The number of ether oxygens (including phenoxy) is 2. The van der Waals surface area contributed by atoms with E-state index in [4.69, 9.17) is 9.47 Å². The first kappa shape index (κ1) is 21.3. The van der Waals surface area contributed by atoms with E-state index in [0.717, 1.165) is 36.1 Å². The molecule has 0 spiro atoms. The number of hydrogen-bond donors (Lipinski definition) is 0. The van der Waals surface area contributed by atoms with Crippen LogP contribution < -0.4 is 4.74 Å². The molecule has 5 atom stereocenters. The summed E-state index contributed by atoms with van der Waals surface area (Å²) in [4.78, 5) is 26.0. The van der Waals surface area contributed by atoms with Crippen LogP contribution in [-0.2, 0) is 20.9 Å². The van der Waals surface area contributed by atoms with E-state index in [1.807, 2.05) is 31.2 Å². The quantitative estimate of drug-likeness (QED) is 0.689. The molecule has 1 aromatic rings. The van der Waals surface area contributed by atoms with Gasteiger partial charge in [-0.1, -0.05) is 32.1 Å². The minimum absolute atomic E-state index is 0.00198. The topological polar surface area (TPSA) is 52.6 Å². The van der Waals surface area contributed by atoms with E-state index in [-0.39, 0.29) is 29.1 Å². The van der Waals surface area contributed by atoms with Crippen LogP contribution in [0.25, 0.3) is 0 Å². The monoisotopic (exact) mass is 410 g/mol. The molecule has 3 aliphatic rings. The van der Waals surface area contributed by atoms with E-state index >= 15 is 0 Å². The highest BCUT2D eigenvalue weighted by molar-refractivity contribution is 5.95. The van der Waals surface area contributed by atoms with E-state index in [1.54, 1.807) is 7.11 Å². The third-order valence-corrected chi connectivity index (χ3v) is 7.97. The largest absolute Gasteiger partial charge is 0.497 e. The number of rotatable bonds is 4. The van der Waals surface area contributed by atoms with Gasteiger partial charge in [0.2, 0.25) is 0 Å². The number of hydrogen-bond acceptors (Lipinski definition) is 4. The molecule has 1 aromatic carbocycles. The van der Waals surface area contributed by atoms with Gasteiger partial charge in [0.15, 0.2) is 5.78 Å². The van der Waals surface area contributed by atoms with Crippen molar-refractivity contribution < 1.29 is 19.1 Å². The van der Waals surface area contributed by atoms with Crippen LogP contribution in [0.15, 0.2) is 35.9 Å². The number of benzene rings is 1. The van der Waals surface area contributed by atoms with E-state index in [9.17, 15) is 9.59 Å². The van der Waals surface area contributed by atoms with Crippen molar-refractivity contribution in [1.29, 1.82) is 0 Å². The maximum absolute atomic E-state index is 13.1. The number of methoxy groups -OCH3 is 1. The predicted octanol–water partition coefficient (Wildman–Crippen LogP) is 5.15. The van der Waals surface area contributed by atoms with Crippen molar-refractivity contribution in [2.45, 2.75) is 65.6 Å². The molecule has 3 aliphatic carbocycles. The molecule has 0 aromatic heterocycles. The van der Waals surface area contributed by atoms with Gasteiger partial charge in [0.1, 0.15) is 11.5 Å². The average molecular weight is 411 g/mol. The van der Waals surface area contributed by atoms with Crippen molar-refractivity contribution in [3.05, 3.63) is 41.5 Å². The summed E-state index contributed by atoms with van der Waals surface area (Å²) >= 11 is 0. The van der Waals surface area contributed by atoms with Crippen LogP contribution in [0.2, 0.25) is 0 Å². The van der Waals surface area contributed by atoms with Crippen LogP contribution in [0.1, 0.15) is 58.4 Å². The standard InChI is InChI=1S/C26H34O4/c1-16-13-20-19(23(27)11-10-21-22(14-24(16)28)26(21,2)3)9-12-25(20)30-15-17-5-7-18(29-4)8-6-17/h5-8,13,19-22,25H,9-12,14-15H2,1-4H3/b16-13-/t19-,20?,21-,22+,25+/m1/s1. The smallest absolute Gasteiger partial charge is 0.158 e. The Morgan fingerprint density at radius 1 is 1.03 bits per heavy atom.